The molecular weight excluding hydrogens is 354 g/mol. The smallest absolute Gasteiger partial charge is 0.237 e. The maximum absolute atomic E-state index is 12.7. The number of rotatable bonds is 1. The highest BCUT2D eigenvalue weighted by atomic mass is 79.9. The summed E-state index contributed by atoms with van der Waals surface area (Å²) in [7, 11) is 0. The van der Waals surface area contributed by atoms with Gasteiger partial charge in [0.1, 0.15) is 0 Å². The Hall–Kier alpha value is -0.870. The predicted octanol–water partition coefficient (Wildman–Crippen LogP) is 4.34. The van der Waals surface area contributed by atoms with Gasteiger partial charge < -0.3 is 0 Å². The van der Waals surface area contributed by atoms with Gasteiger partial charge in [0.05, 0.1) is 22.5 Å². The molecule has 1 aliphatic heterocycles. The van der Waals surface area contributed by atoms with Crippen LogP contribution in [0.25, 0.3) is 0 Å². The van der Waals surface area contributed by atoms with Crippen molar-refractivity contribution in [3.63, 3.8) is 0 Å². The maximum atomic E-state index is 12.7. The van der Waals surface area contributed by atoms with E-state index in [1.165, 1.54) is 4.90 Å². The maximum Gasteiger partial charge on any atom is 0.237 e. The van der Waals surface area contributed by atoms with Crippen molar-refractivity contribution in [3.05, 3.63) is 27.2 Å². The monoisotopic (exact) mass is 369 g/mol. The Bertz CT molecular complexity index is 631. The summed E-state index contributed by atoms with van der Waals surface area (Å²) in [6.45, 7) is 4.04. The molecule has 0 radical (unpaired) electrons. The van der Waals surface area contributed by atoms with E-state index >= 15 is 0 Å². The van der Waals surface area contributed by atoms with Crippen LogP contribution in [-0.2, 0) is 9.59 Å². The van der Waals surface area contributed by atoms with E-state index in [1.807, 2.05) is 13.0 Å². The van der Waals surface area contributed by atoms with Crippen molar-refractivity contribution in [1.29, 1.82) is 0 Å². The number of hydrogen-bond acceptors (Lipinski definition) is 2. The van der Waals surface area contributed by atoms with Crippen LogP contribution >= 0.6 is 27.5 Å². The topological polar surface area (TPSA) is 37.4 Å². The summed E-state index contributed by atoms with van der Waals surface area (Å²) in [6, 6.07) is 3.56. The Morgan fingerprint density at radius 2 is 1.86 bits per heavy atom. The number of carbonyl (C=O) groups excluding carboxylic acids is 2. The minimum atomic E-state index is -0.150. The average molecular weight is 371 g/mol. The SMILES string of the molecule is Cc1cc(Br)c(Cl)cc1N1C(=O)[C@@H]2CC[C@H](C)C[C@H]2C1=O. The van der Waals surface area contributed by atoms with Crippen molar-refractivity contribution in [1.82, 2.24) is 0 Å². The van der Waals surface area contributed by atoms with Gasteiger partial charge in [0.2, 0.25) is 11.8 Å². The Morgan fingerprint density at radius 3 is 2.57 bits per heavy atom. The number of benzene rings is 1. The van der Waals surface area contributed by atoms with Crippen LogP contribution in [0.4, 0.5) is 5.69 Å². The van der Waals surface area contributed by atoms with Gasteiger partial charge in [-0.1, -0.05) is 18.5 Å². The summed E-state index contributed by atoms with van der Waals surface area (Å²) in [4.78, 5) is 26.7. The lowest BCUT2D eigenvalue weighted by molar-refractivity contribution is -0.122. The normalized spacial score (nSPS) is 29.0. The Labute approximate surface area is 137 Å². The summed E-state index contributed by atoms with van der Waals surface area (Å²) < 4.78 is 0.774. The second kappa shape index (κ2) is 5.40. The van der Waals surface area contributed by atoms with Crippen LogP contribution in [0.15, 0.2) is 16.6 Å². The molecule has 0 aromatic heterocycles. The zero-order valence-corrected chi connectivity index (χ0v) is 14.4. The lowest BCUT2D eigenvalue weighted by Crippen LogP contribution is -2.31. The first-order valence-corrected chi connectivity index (χ1v) is 8.40. The molecule has 3 atom stereocenters. The van der Waals surface area contributed by atoms with E-state index in [2.05, 4.69) is 22.9 Å². The molecule has 1 aromatic carbocycles. The molecule has 2 amide bonds. The standard InChI is InChI=1S/C16H17BrClNO2/c1-8-3-4-10-11(5-8)16(21)19(15(10)20)14-7-13(18)12(17)6-9(14)2/h6-8,10-11H,3-5H2,1-2H3/t8-,10+,11+/m0/s1. The van der Waals surface area contributed by atoms with Crippen molar-refractivity contribution in [2.24, 2.45) is 17.8 Å². The third kappa shape index (κ3) is 2.42. The van der Waals surface area contributed by atoms with Crippen molar-refractivity contribution in [3.8, 4) is 0 Å². The number of imide groups is 1. The predicted molar refractivity (Wildman–Crippen MR) is 86.4 cm³/mol. The largest absolute Gasteiger partial charge is 0.274 e. The van der Waals surface area contributed by atoms with Crippen molar-refractivity contribution in [2.75, 3.05) is 4.90 Å². The van der Waals surface area contributed by atoms with E-state index in [1.54, 1.807) is 6.07 Å². The number of halogens is 2. The zero-order chi connectivity index (χ0) is 15.3. The van der Waals surface area contributed by atoms with Gasteiger partial charge in [-0.15, -0.1) is 0 Å². The summed E-state index contributed by atoms with van der Waals surface area (Å²) in [5.74, 6) is 0.104. The van der Waals surface area contributed by atoms with Gasteiger partial charge in [0, 0.05) is 4.47 Å². The fraction of sp³-hybridized carbons (Fsp3) is 0.500. The zero-order valence-electron chi connectivity index (χ0n) is 12.0. The third-order valence-electron chi connectivity index (χ3n) is 4.67. The van der Waals surface area contributed by atoms with Gasteiger partial charge in [-0.3, -0.25) is 9.59 Å². The molecule has 0 unspecified atom stereocenters. The molecule has 3 nitrogen and oxygen atoms in total. The van der Waals surface area contributed by atoms with Crippen molar-refractivity contribution in [2.45, 2.75) is 33.1 Å². The molecule has 0 bridgehead atoms. The number of amides is 2. The summed E-state index contributed by atoms with van der Waals surface area (Å²) >= 11 is 9.51. The van der Waals surface area contributed by atoms with Crippen molar-refractivity contribution >= 4 is 45.0 Å². The summed E-state index contributed by atoms with van der Waals surface area (Å²) in [6.07, 6.45) is 2.65. The number of aryl methyl sites for hydroxylation is 1. The molecule has 1 aromatic rings. The van der Waals surface area contributed by atoms with E-state index < -0.39 is 0 Å². The van der Waals surface area contributed by atoms with Gasteiger partial charge in [0.15, 0.2) is 0 Å². The molecule has 3 rings (SSSR count). The van der Waals surface area contributed by atoms with Crippen LogP contribution in [-0.4, -0.2) is 11.8 Å². The first kappa shape index (κ1) is 15.0. The molecule has 2 aliphatic rings. The molecule has 21 heavy (non-hydrogen) atoms. The molecule has 1 saturated carbocycles. The van der Waals surface area contributed by atoms with E-state index in [4.69, 9.17) is 11.6 Å². The van der Waals surface area contributed by atoms with Gasteiger partial charge in [-0.25, -0.2) is 4.90 Å². The van der Waals surface area contributed by atoms with Gasteiger partial charge in [0.25, 0.3) is 0 Å². The molecule has 5 heteroatoms. The highest BCUT2D eigenvalue weighted by Gasteiger charge is 2.50. The lowest BCUT2D eigenvalue weighted by atomic mass is 9.76. The molecule has 112 valence electrons. The second-order valence-corrected chi connectivity index (χ2v) is 7.46. The van der Waals surface area contributed by atoms with Crippen LogP contribution in [0.1, 0.15) is 31.7 Å². The van der Waals surface area contributed by atoms with E-state index in [0.717, 1.165) is 29.3 Å². The number of carbonyl (C=O) groups is 2. The summed E-state index contributed by atoms with van der Waals surface area (Å²) in [5, 5.41) is 0.513. The quantitative estimate of drug-likeness (QED) is 0.690. The average Bonchev–Trinajstić information content (AvgIpc) is 2.66. The van der Waals surface area contributed by atoms with Crippen molar-refractivity contribution < 1.29 is 9.59 Å². The Balaban J connectivity index is 2.01. The van der Waals surface area contributed by atoms with Gasteiger partial charge >= 0.3 is 0 Å². The summed E-state index contributed by atoms with van der Waals surface area (Å²) in [5.41, 5.74) is 1.50. The third-order valence-corrected chi connectivity index (χ3v) is 5.86. The first-order valence-electron chi connectivity index (χ1n) is 7.23. The minimum absolute atomic E-state index is 0.0570. The molecule has 2 fully saturated rings. The molecular formula is C16H17BrClNO2. The molecule has 1 aliphatic carbocycles. The van der Waals surface area contributed by atoms with Crippen LogP contribution in [0.5, 0.6) is 0 Å². The minimum Gasteiger partial charge on any atom is -0.274 e. The molecule has 1 saturated heterocycles. The fourth-order valence-electron chi connectivity index (χ4n) is 3.50. The number of fused-ring (bicyclic) bond motifs is 1. The second-order valence-electron chi connectivity index (χ2n) is 6.20. The van der Waals surface area contributed by atoms with Crippen LogP contribution in [0, 0.1) is 24.7 Å². The molecule has 0 N–H and O–H groups in total. The highest BCUT2D eigenvalue weighted by molar-refractivity contribution is 9.10. The highest BCUT2D eigenvalue weighted by Crippen LogP contribution is 2.43. The fourth-order valence-corrected chi connectivity index (χ4v) is 4.12. The lowest BCUT2D eigenvalue weighted by Gasteiger charge is -2.25. The number of hydrogen-bond donors (Lipinski definition) is 0. The van der Waals surface area contributed by atoms with Crippen LogP contribution in [0.3, 0.4) is 0 Å². The van der Waals surface area contributed by atoms with Gasteiger partial charge in [-0.05, 0) is 65.7 Å². The molecule has 1 heterocycles. The number of anilines is 1. The van der Waals surface area contributed by atoms with E-state index in [-0.39, 0.29) is 23.7 Å². The Kier molecular flexibility index (Phi) is 3.87. The van der Waals surface area contributed by atoms with Crippen LogP contribution in [0.2, 0.25) is 5.02 Å². The van der Waals surface area contributed by atoms with Crippen LogP contribution < -0.4 is 4.90 Å². The van der Waals surface area contributed by atoms with E-state index in [9.17, 15) is 9.59 Å². The van der Waals surface area contributed by atoms with E-state index in [0.29, 0.717) is 16.6 Å². The number of nitrogens with zero attached hydrogens (tertiary/aromatic N) is 1. The molecule has 0 spiro atoms. The van der Waals surface area contributed by atoms with Gasteiger partial charge in [-0.2, -0.15) is 0 Å². The first-order chi connectivity index (χ1) is 9.90. The Morgan fingerprint density at radius 1 is 1.19 bits per heavy atom.